The number of hydrogen-bond acceptors (Lipinski definition) is 4. The van der Waals surface area contributed by atoms with Crippen molar-refractivity contribution >= 4 is 35.6 Å². The molecule has 0 radical (unpaired) electrons. The molecule has 1 saturated carbocycles. The average Bonchev–Trinajstić information content (AvgIpc) is 3.22. The Morgan fingerprint density at radius 1 is 1.18 bits per heavy atom. The number of anilines is 2. The summed E-state index contributed by atoms with van der Waals surface area (Å²) in [6, 6.07) is 5.64. The van der Waals surface area contributed by atoms with Gasteiger partial charge in [-0.05, 0) is 43.0 Å². The maximum absolute atomic E-state index is 12.9. The normalized spacial score (nSPS) is 21.1. The van der Waals surface area contributed by atoms with E-state index in [9.17, 15) is 9.59 Å². The van der Waals surface area contributed by atoms with Gasteiger partial charge >= 0.3 is 0 Å². The summed E-state index contributed by atoms with van der Waals surface area (Å²) in [5.74, 6) is 0.152. The van der Waals surface area contributed by atoms with Gasteiger partial charge in [0.25, 0.3) is 0 Å². The number of hydrogen-bond donors (Lipinski definition) is 3. The van der Waals surface area contributed by atoms with Crippen molar-refractivity contribution in [2.75, 3.05) is 23.7 Å². The van der Waals surface area contributed by atoms with Crippen LogP contribution in [0.4, 0.5) is 11.4 Å². The molecule has 3 N–H and O–H groups in total. The number of nitrogens with one attached hydrogen (secondary N) is 3. The molecule has 2 aliphatic rings. The van der Waals surface area contributed by atoms with E-state index in [4.69, 9.17) is 0 Å². The monoisotopic (exact) mass is 403 g/mol. The molecule has 28 heavy (non-hydrogen) atoms. The van der Waals surface area contributed by atoms with Crippen molar-refractivity contribution in [3.8, 4) is 0 Å². The van der Waals surface area contributed by atoms with Crippen LogP contribution in [0.15, 0.2) is 30.6 Å². The van der Waals surface area contributed by atoms with Crippen molar-refractivity contribution < 1.29 is 9.59 Å². The zero-order chi connectivity index (χ0) is 19.0. The minimum Gasteiger partial charge on any atom is -0.326 e. The molecular formula is C20H26ClN5O2. The van der Waals surface area contributed by atoms with Gasteiger partial charge in [-0.2, -0.15) is 5.10 Å². The Kier molecular flexibility index (Phi) is 6.05. The number of carbonyl (C=O) groups is 2. The fraction of sp³-hybridized carbons (Fsp3) is 0.450. The molecule has 1 aromatic carbocycles. The highest BCUT2D eigenvalue weighted by molar-refractivity contribution is 5.97. The number of rotatable bonds is 5. The summed E-state index contributed by atoms with van der Waals surface area (Å²) < 4.78 is 1.76. The summed E-state index contributed by atoms with van der Waals surface area (Å²) in [6.45, 7) is 3.36. The summed E-state index contributed by atoms with van der Waals surface area (Å²) in [7, 11) is 1.88. The third kappa shape index (κ3) is 4.36. The molecule has 2 fully saturated rings. The van der Waals surface area contributed by atoms with E-state index in [2.05, 4.69) is 21.0 Å². The van der Waals surface area contributed by atoms with Gasteiger partial charge in [0, 0.05) is 49.5 Å². The van der Waals surface area contributed by atoms with Gasteiger partial charge in [0.05, 0.1) is 12.1 Å². The van der Waals surface area contributed by atoms with Gasteiger partial charge in [0.2, 0.25) is 11.8 Å². The molecule has 4 rings (SSSR count). The fourth-order valence-corrected chi connectivity index (χ4v) is 3.59. The highest BCUT2D eigenvalue weighted by atomic mass is 35.5. The van der Waals surface area contributed by atoms with Gasteiger partial charge < -0.3 is 16.0 Å². The van der Waals surface area contributed by atoms with Crippen LogP contribution in [0, 0.1) is 18.8 Å². The zero-order valence-electron chi connectivity index (χ0n) is 16.1. The standard InChI is InChI=1S/C20H25N5O2.ClH/c1-12-3-6-15(23-19(26)13-4-5-13)7-18(12)24-20(27)17-10-21-9-16(17)14-8-22-25(2)11-14;/h3,6-8,11,13,16-17,21H,4-5,9-10H2,1-2H3,(H,23,26)(H,24,27);1H/t16-,17+;/m1./s1. The van der Waals surface area contributed by atoms with E-state index >= 15 is 0 Å². The van der Waals surface area contributed by atoms with Crippen LogP contribution in [-0.4, -0.2) is 34.7 Å². The topological polar surface area (TPSA) is 88.1 Å². The molecule has 2 amide bonds. The lowest BCUT2D eigenvalue weighted by molar-refractivity contribution is -0.119. The number of nitrogens with zero attached hydrogens (tertiary/aromatic N) is 2. The number of carbonyl (C=O) groups excluding carboxylic acids is 2. The van der Waals surface area contributed by atoms with Crippen LogP contribution in [-0.2, 0) is 16.6 Å². The molecule has 1 aromatic heterocycles. The van der Waals surface area contributed by atoms with E-state index in [0.29, 0.717) is 6.54 Å². The molecule has 7 nitrogen and oxygen atoms in total. The van der Waals surface area contributed by atoms with Crippen molar-refractivity contribution in [1.29, 1.82) is 0 Å². The lowest BCUT2D eigenvalue weighted by Gasteiger charge is -2.18. The van der Waals surface area contributed by atoms with Gasteiger partial charge in [-0.25, -0.2) is 0 Å². The van der Waals surface area contributed by atoms with Crippen LogP contribution in [0.25, 0.3) is 0 Å². The van der Waals surface area contributed by atoms with Crippen molar-refractivity contribution in [1.82, 2.24) is 15.1 Å². The van der Waals surface area contributed by atoms with Crippen LogP contribution in [0.2, 0.25) is 0 Å². The lowest BCUT2D eigenvalue weighted by Crippen LogP contribution is -2.28. The zero-order valence-corrected chi connectivity index (χ0v) is 16.9. The summed E-state index contributed by atoms with van der Waals surface area (Å²) in [6.07, 6.45) is 5.73. The first-order chi connectivity index (χ1) is 13.0. The highest BCUT2D eigenvalue weighted by Crippen LogP contribution is 2.32. The Hall–Kier alpha value is -2.38. The lowest BCUT2D eigenvalue weighted by atomic mass is 9.90. The fourth-order valence-electron chi connectivity index (χ4n) is 3.59. The summed E-state index contributed by atoms with van der Waals surface area (Å²) >= 11 is 0. The second kappa shape index (κ2) is 8.32. The molecule has 2 atom stereocenters. The van der Waals surface area contributed by atoms with Crippen molar-refractivity contribution in [2.24, 2.45) is 18.9 Å². The predicted molar refractivity (Wildman–Crippen MR) is 111 cm³/mol. The van der Waals surface area contributed by atoms with Crippen molar-refractivity contribution in [3.05, 3.63) is 41.7 Å². The Balaban J connectivity index is 0.00000225. The summed E-state index contributed by atoms with van der Waals surface area (Å²) in [4.78, 5) is 24.9. The molecular weight excluding hydrogens is 378 g/mol. The minimum atomic E-state index is -0.154. The molecule has 8 heteroatoms. The number of amides is 2. The van der Waals surface area contributed by atoms with Crippen molar-refractivity contribution in [3.63, 3.8) is 0 Å². The van der Waals surface area contributed by atoms with E-state index in [1.54, 1.807) is 4.68 Å². The van der Waals surface area contributed by atoms with Gasteiger partial charge in [-0.3, -0.25) is 14.3 Å². The second-order valence-electron chi connectivity index (χ2n) is 7.60. The first kappa shape index (κ1) is 20.4. The Labute approximate surface area is 170 Å². The molecule has 1 aliphatic carbocycles. The molecule has 0 unspecified atom stereocenters. The second-order valence-corrected chi connectivity index (χ2v) is 7.60. The smallest absolute Gasteiger partial charge is 0.229 e. The third-order valence-corrected chi connectivity index (χ3v) is 5.42. The quantitative estimate of drug-likeness (QED) is 0.715. The van der Waals surface area contributed by atoms with Crippen molar-refractivity contribution in [2.45, 2.75) is 25.7 Å². The number of aromatic nitrogens is 2. The molecule has 0 bridgehead atoms. The molecule has 1 aliphatic heterocycles. The van der Waals surface area contributed by atoms with E-state index in [1.807, 2.05) is 44.6 Å². The SMILES string of the molecule is Cc1ccc(NC(=O)C2CC2)cc1NC(=O)[C@H]1CNC[C@@H]1c1cnn(C)c1.Cl. The van der Waals surface area contributed by atoms with Crippen LogP contribution in [0.5, 0.6) is 0 Å². The minimum absolute atomic E-state index is 0. The van der Waals surface area contributed by atoms with Gasteiger partial charge in [-0.15, -0.1) is 12.4 Å². The Morgan fingerprint density at radius 2 is 1.96 bits per heavy atom. The maximum atomic E-state index is 12.9. The first-order valence-electron chi connectivity index (χ1n) is 9.43. The average molecular weight is 404 g/mol. The van der Waals surface area contributed by atoms with Gasteiger partial charge in [-0.1, -0.05) is 6.07 Å². The third-order valence-electron chi connectivity index (χ3n) is 5.42. The summed E-state index contributed by atoms with van der Waals surface area (Å²) in [5, 5.41) is 13.5. The number of halogens is 1. The maximum Gasteiger partial charge on any atom is 0.229 e. The predicted octanol–water partition coefficient (Wildman–Crippen LogP) is 2.44. The van der Waals surface area contributed by atoms with E-state index in [0.717, 1.165) is 41.9 Å². The first-order valence-corrected chi connectivity index (χ1v) is 9.43. The molecule has 1 saturated heterocycles. The van der Waals surface area contributed by atoms with E-state index < -0.39 is 0 Å². The Morgan fingerprint density at radius 3 is 2.64 bits per heavy atom. The van der Waals surface area contributed by atoms with Crippen LogP contribution < -0.4 is 16.0 Å². The van der Waals surface area contributed by atoms with Crippen LogP contribution >= 0.6 is 12.4 Å². The number of aryl methyl sites for hydroxylation is 2. The molecule has 150 valence electrons. The van der Waals surface area contributed by atoms with E-state index in [-0.39, 0.29) is 42.0 Å². The molecule has 0 spiro atoms. The van der Waals surface area contributed by atoms with Crippen LogP contribution in [0.3, 0.4) is 0 Å². The molecule has 2 aromatic rings. The summed E-state index contributed by atoms with van der Waals surface area (Å²) in [5.41, 5.74) is 3.51. The van der Waals surface area contributed by atoms with E-state index in [1.165, 1.54) is 0 Å². The highest BCUT2D eigenvalue weighted by Gasteiger charge is 2.35. The largest absolute Gasteiger partial charge is 0.326 e. The molecule has 2 heterocycles. The van der Waals surface area contributed by atoms with Gasteiger partial charge in [0.1, 0.15) is 0 Å². The van der Waals surface area contributed by atoms with Gasteiger partial charge in [0.15, 0.2) is 0 Å². The Bertz CT molecular complexity index is 877. The van der Waals surface area contributed by atoms with Crippen LogP contribution in [0.1, 0.15) is 29.9 Å². The number of benzene rings is 1.